The molecule has 2 rings (SSSR count). The molecule has 0 aliphatic heterocycles. The molecule has 0 unspecified atom stereocenters. The topological polar surface area (TPSA) is 92.3 Å². The molecule has 0 aliphatic carbocycles. The van der Waals surface area contributed by atoms with E-state index >= 15 is 0 Å². The molecule has 0 spiro atoms. The number of benzene rings is 1. The summed E-state index contributed by atoms with van der Waals surface area (Å²) in [6.07, 6.45) is 9.70. The van der Waals surface area contributed by atoms with Gasteiger partial charge in [-0.3, -0.25) is 4.79 Å². The van der Waals surface area contributed by atoms with E-state index in [0.717, 1.165) is 16.7 Å². The fraction of sp³-hybridized carbons (Fsp3) is 0.208. The van der Waals surface area contributed by atoms with Crippen LogP contribution in [0.2, 0.25) is 0 Å². The van der Waals surface area contributed by atoms with Gasteiger partial charge in [0.2, 0.25) is 5.75 Å². The van der Waals surface area contributed by atoms with Gasteiger partial charge < -0.3 is 14.8 Å². The molecule has 6 heteroatoms. The summed E-state index contributed by atoms with van der Waals surface area (Å²) in [5.41, 5.74) is 2.48. The number of aromatic carboxylic acids is 1. The molecular formula is C24H26N2O4. The number of aromatic amines is 1. The predicted molar refractivity (Wildman–Crippen MR) is 119 cm³/mol. The summed E-state index contributed by atoms with van der Waals surface area (Å²) in [7, 11) is 0. The average molecular weight is 406 g/mol. The van der Waals surface area contributed by atoms with Gasteiger partial charge in [-0.25, -0.2) is 9.78 Å². The first-order valence-corrected chi connectivity index (χ1v) is 9.58. The highest BCUT2D eigenvalue weighted by Gasteiger charge is 2.20. The molecule has 0 fully saturated rings. The van der Waals surface area contributed by atoms with E-state index in [4.69, 9.17) is 4.74 Å². The smallest absolute Gasteiger partial charge is 0.358 e. The molecule has 0 saturated heterocycles. The minimum Gasteiger partial charge on any atom is -0.481 e. The summed E-state index contributed by atoms with van der Waals surface area (Å²) in [6.45, 7) is 9.48. The highest BCUT2D eigenvalue weighted by molar-refractivity contribution is 5.88. The first-order chi connectivity index (χ1) is 14.4. The summed E-state index contributed by atoms with van der Waals surface area (Å²) in [5, 5.41) is 9.55. The van der Waals surface area contributed by atoms with E-state index in [-0.39, 0.29) is 24.6 Å². The van der Waals surface area contributed by atoms with E-state index in [2.05, 4.69) is 16.5 Å². The van der Waals surface area contributed by atoms with Gasteiger partial charge >= 0.3 is 5.97 Å². The lowest BCUT2D eigenvalue weighted by molar-refractivity contribution is 0.0684. The van der Waals surface area contributed by atoms with E-state index in [9.17, 15) is 14.7 Å². The van der Waals surface area contributed by atoms with Crippen molar-refractivity contribution in [2.24, 2.45) is 0 Å². The quantitative estimate of drug-likeness (QED) is 0.596. The Morgan fingerprint density at radius 2 is 1.90 bits per heavy atom. The summed E-state index contributed by atoms with van der Waals surface area (Å²) >= 11 is 0. The van der Waals surface area contributed by atoms with E-state index in [1.54, 1.807) is 12.2 Å². The van der Waals surface area contributed by atoms with Gasteiger partial charge in [0.15, 0.2) is 5.69 Å². The van der Waals surface area contributed by atoms with Crippen LogP contribution < -0.4 is 10.3 Å². The Kier molecular flexibility index (Phi) is 8.11. The fourth-order valence-corrected chi connectivity index (χ4v) is 2.98. The molecule has 2 aromatic rings. The summed E-state index contributed by atoms with van der Waals surface area (Å²) in [5.74, 6) is -1.40. The van der Waals surface area contributed by atoms with Crippen molar-refractivity contribution < 1.29 is 14.6 Å². The van der Waals surface area contributed by atoms with Crippen LogP contribution in [0.5, 0.6) is 5.75 Å². The Hall–Kier alpha value is -3.67. The van der Waals surface area contributed by atoms with Crippen molar-refractivity contribution in [2.75, 3.05) is 6.61 Å². The van der Waals surface area contributed by atoms with Gasteiger partial charge in [-0.15, -0.1) is 0 Å². The number of nitrogens with zero attached hydrogens (tertiary/aromatic N) is 1. The monoisotopic (exact) mass is 406 g/mol. The number of carbonyl (C=O) groups is 1. The van der Waals surface area contributed by atoms with Crippen molar-refractivity contribution in [3.63, 3.8) is 0 Å². The van der Waals surface area contributed by atoms with Crippen molar-refractivity contribution in [1.29, 1.82) is 0 Å². The second kappa shape index (κ2) is 10.8. The van der Waals surface area contributed by atoms with E-state index in [1.807, 2.05) is 63.3 Å². The summed E-state index contributed by atoms with van der Waals surface area (Å²) < 4.78 is 5.40. The van der Waals surface area contributed by atoms with Gasteiger partial charge in [0.05, 0.1) is 0 Å². The minimum absolute atomic E-state index is 0.00837. The van der Waals surface area contributed by atoms with Gasteiger partial charge in [-0.2, -0.15) is 0 Å². The normalized spacial score (nSPS) is 11.9. The molecule has 0 radical (unpaired) electrons. The molecule has 0 bridgehead atoms. The lowest BCUT2D eigenvalue weighted by Gasteiger charge is -2.12. The van der Waals surface area contributed by atoms with Crippen LogP contribution in [0.4, 0.5) is 0 Å². The SMILES string of the molecule is C=C(C=CC)COc1c(C(=O)O)nc(Cc2ccccc2C(C=CC)=CC)[nH]c1=O. The molecule has 1 aromatic carbocycles. The van der Waals surface area contributed by atoms with E-state index in [1.165, 1.54) is 0 Å². The first-order valence-electron chi connectivity index (χ1n) is 9.58. The van der Waals surface area contributed by atoms with Gasteiger partial charge in [0.1, 0.15) is 12.4 Å². The number of carboxylic acid groups (broad SMARTS) is 1. The van der Waals surface area contributed by atoms with Crippen LogP contribution in [-0.2, 0) is 6.42 Å². The van der Waals surface area contributed by atoms with Gasteiger partial charge in [0.25, 0.3) is 5.56 Å². The van der Waals surface area contributed by atoms with Crippen LogP contribution in [0.1, 0.15) is 48.2 Å². The van der Waals surface area contributed by atoms with Crippen LogP contribution in [0.25, 0.3) is 5.57 Å². The number of carboxylic acids is 1. The van der Waals surface area contributed by atoms with Crippen molar-refractivity contribution in [3.8, 4) is 5.75 Å². The molecule has 0 saturated carbocycles. The van der Waals surface area contributed by atoms with Crippen molar-refractivity contribution in [3.05, 3.63) is 99.8 Å². The van der Waals surface area contributed by atoms with Crippen LogP contribution in [-0.4, -0.2) is 27.7 Å². The molecule has 1 aromatic heterocycles. The Balaban J connectivity index is 2.43. The van der Waals surface area contributed by atoms with E-state index < -0.39 is 17.2 Å². The van der Waals surface area contributed by atoms with Crippen LogP contribution in [0.15, 0.2) is 71.6 Å². The zero-order valence-electron chi connectivity index (χ0n) is 17.4. The Bertz CT molecular complexity index is 1070. The number of aromatic nitrogens is 2. The number of H-pyrrole nitrogens is 1. The number of allylic oxidation sites excluding steroid dienone is 5. The average Bonchev–Trinajstić information content (AvgIpc) is 2.71. The maximum Gasteiger partial charge on any atom is 0.358 e. The first kappa shape index (κ1) is 22.6. The zero-order valence-corrected chi connectivity index (χ0v) is 17.4. The van der Waals surface area contributed by atoms with Crippen molar-refractivity contribution in [1.82, 2.24) is 9.97 Å². The maximum absolute atomic E-state index is 12.5. The zero-order chi connectivity index (χ0) is 22.1. The standard InChI is InChI=1S/C24H26N2O4/c1-5-10-16(4)15-30-22-21(24(28)29)25-20(26-23(22)27)14-18-12-8-9-13-19(18)17(7-3)11-6-2/h5-13H,4,14-15H2,1-3H3,(H,28,29)(H,25,26,27). The number of hydrogen-bond donors (Lipinski definition) is 2. The molecule has 0 amide bonds. The minimum atomic E-state index is -1.33. The van der Waals surface area contributed by atoms with Crippen LogP contribution in [0, 0.1) is 0 Å². The van der Waals surface area contributed by atoms with Crippen molar-refractivity contribution in [2.45, 2.75) is 27.2 Å². The maximum atomic E-state index is 12.5. The highest BCUT2D eigenvalue weighted by Crippen LogP contribution is 2.23. The summed E-state index contributed by atoms with van der Waals surface area (Å²) in [4.78, 5) is 31.1. The third-order valence-electron chi connectivity index (χ3n) is 4.28. The molecule has 0 atom stereocenters. The lowest BCUT2D eigenvalue weighted by Crippen LogP contribution is -2.21. The number of nitrogens with one attached hydrogen (secondary N) is 1. The predicted octanol–water partition coefficient (Wildman–Crippen LogP) is 4.55. The number of ether oxygens (including phenoxy) is 1. The molecule has 1 heterocycles. The summed E-state index contributed by atoms with van der Waals surface area (Å²) in [6, 6.07) is 7.72. The Morgan fingerprint density at radius 1 is 1.20 bits per heavy atom. The number of hydrogen-bond acceptors (Lipinski definition) is 4. The van der Waals surface area contributed by atoms with Gasteiger partial charge in [-0.1, -0.05) is 61.2 Å². The molecule has 2 N–H and O–H groups in total. The van der Waals surface area contributed by atoms with Crippen LogP contribution >= 0.6 is 0 Å². The molecule has 30 heavy (non-hydrogen) atoms. The lowest BCUT2D eigenvalue weighted by atomic mass is 9.97. The second-order valence-electron chi connectivity index (χ2n) is 6.52. The van der Waals surface area contributed by atoms with Crippen molar-refractivity contribution >= 4 is 11.5 Å². The van der Waals surface area contributed by atoms with Gasteiger partial charge in [0, 0.05) is 6.42 Å². The molecular weight excluding hydrogens is 380 g/mol. The second-order valence-corrected chi connectivity index (χ2v) is 6.52. The van der Waals surface area contributed by atoms with E-state index in [0.29, 0.717) is 5.57 Å². The van der Waals surface area contributed by atoms with Gasteiger partial charge in [-0.05, 0) is 43.0 Å². The third kappa shape index (κ3) is 5.67. The largest absolute Gasteiger partial charge is 0.481 e. The Labute approximate surface area is 176 Å². The Morgan fingerprint density at radius 3 is 2.53 bits per heavy atom. The molecule has 6 nitrogen and oxygen atoms in total. The third-order valence-corrected chi connectivity index (χ3v) is 4.28. The molecule has 156 valence electrons. The molecule has 0 aliphatic rings. The number of rotatable bonds is 9. The highest BCUT2D eigenvalue weighted by atomic mass is 16.5. The fourth-order valence-electron chi connectivity index (χ4n) is 2.98. The van der Waals surface area contributed by atoms with Crippen LogP contribution in [0.3, 0.4) is 0 Å².